The maximum Gasteiger partial charge on any atom is 0.269 e. The summed E-state index contributed by atoms with van der Waals surface area (Å²) in [4.78, 5) is 13.0. The van der Waals surface area contributed by atoms with E-state index in [0.29, 0.717) is 0 Å². The van der Waals surface area contributed by atoms with Gasteiger partial charge in [-0.1, -0.05) is 13.3 Å². The Kier molecular flexibility index (Phi) is 6.45. The molecular weight excluding hydrogens is 254 g/mol. The second kappa shape index (κ2) is 7.85. The van der Waals surface area contributed by atoms with Crippen LogP contribution >= 0.6 is 0 Å². The summed E-state index contributed by atoms with van der Waals surface area (Å²) < 4.78 is 0. The minimum absolute atomic E-state index is 0. The van der Waals surface area contributed by atoms with Crippen molar-refractivity contribution in [1.82, 2.24) is 6.15 Å². The first-order valence-corrected chi connectivity index (χ1v) is 7.24. The molecule has 1 aromatic carbocycles. The van der Waals surface area contributed by atoms with E-state index in [-0.39, 0.29) is 16.8 Å². The summed E-state index contributed by atoms with van der Waals surface area (Å²) in [5, 5.41) is 10.9. The smallest absolute Gasteiger partial charge is 0.269 e. The van der Waals surface area contributed by atoms with Gasteiger partial charge in [-0.2, -0.15) is 0 Å². The lowest BCUT2D eigenvalue weighted by molar-refractivity contribution is -0.384. The molecule has 0 spiro atoms. The zero-order chi connectivity index (χ0) is 13.7. The van der Waals surface area contributed by atoms with Crippen LogP contribution in [0.2, 0.25) is 0 Å². The highest BCUT2D eigenvalue weighted by Gasteiger charge is 2.17. The molecule has 112 valence electrons. The Bertz CT molecular complexity index is 443. The molecule has 2 rings (SSSR count). The van der Waals surface area contributed by atoms with Crippen molar-refractivity contribution >= 4 is 11.4 Å². The molecule has 0 bridgehead atoms. The molecule has 3 N–H and O–H groups in total. The Morgan fingerprint density at radius 1 is 1.25 bits per heavy atom. The lowest BCUT2D eigenvalue weighted by Gasteiger charge is -2.30. The number of nitrogens with zero attached hydrogens (tertiary/aromatic N) is 2. The van der Waals surface area contributed by atoms with E-state index in [9.17, 15) is 10.1 Å². The molecule has 0 radical (unpaired) electrons. The Hall–Kier alpha value is -1.62. The number of non-ortho nitro benzene ring substituents is 1. The van der Waals surface area contributed by atoms with Crippen LogP contribution in [0.5, 0.6) is 0 Å². The summed E-state index contributed by atoms with van der Waals surface area (Å²) >= 11 is 0. The van der Waals surface area contributed by atoms with Crippen LogP contribution in [-0.4, -0.2) is 18.0 Å². The number of piperidine rings is 1. The molecule has 1 aromatic rings. The number of aryl methyl sites for hydroxylation is 1. The predicted molar refractivity (Wildman–Crippen MR) is 82.8 cm³/mol. The molecule has 1 saturated heterocycles. The van der Waals surface area contributed by atoms with E-state index in [1.807, 2.05) is 6.07 Å². The topological polar surface area (TPSA) is 81.4 Å². The van der Waals surface area contributed by atoms with Crippen LogP contribution < -0.4 is 11.1 Å². The third kappa shape index (κ3) is 3.93. The van der Waals surface area contributed by atoms with Gasteiger partial charge < -0.3 is 11.1 Å². The number of hydrogen-bond acceptors (Lipinski definition) is 4. The second-order valence-corrected chi connectivity index (χ2v) is 5.22. The number of nitro groups is 1. The number of rotatable bonds is 5. The third-order valence-electron chi connectivity index (χ3n) is 3.77. The Balaban J connectivity index is 0.00000200. The highest BCUT2D eigenvalue weighted by molar-refractivity contribution is 5.58. The van der Waals surface area contributed by atoms with E-state index < -0.39 is 0 Å². The quantitative estimate of drug-likeness (QED) is 0.650. The summed E-state index contributed by atoms with van der Waals surface area (Å²) in [7, 11) is 0. The molecule has 5 nitrogen and oxygen atoms in total. The van der Waals surface area contributed by atoms with Crippen LogP contribution in [0.25, 0.3) is 0 Å². The van der Waals surface area contributed by atoms with Crippen LogP contribution in [0.4, 0.5) is 11.4 Å². The first kappa shape index (κ1) is 16.4. The fourth-order valence-corrected chi connectivity index (χ4v) is 2.70. The molecule has 1 aliphatic rings. The van der Waals surface area contributed by atoms with Gasteiger partial charge in [-0.15, -0.1) is 0 Å². The van der Waals surface area contributed by atoms with Gasteiger partial charge in [0.2, 0.25) is 0 Å². The standard InChI is InChI=1S/C15H22N2O2.H3N/c1-2-3-7-13-12-14(17(18)19)8-9-15(13)16-10-5-4-6-11-16;/h8-9,12H,2-7,10-11H2,1H3;1H3. The van der Waals surface area contributed by atoms with Crippen molar-refractivity contribution in [1.29, 1.82) is 0 Å². The summed E-state index contributed by atoms with van der Waals surface area (Å²) in [5.74, 6) is 0. The van der Waals surface area contributed by atoms with Crippen molar-refractivity contribution in [2.24, 2.45) is 0 Å². The van der Waals surface area contributed by atoms with Gasteiger partial charge in [-0.05, 0) is 43.7 Å². The fraction of sp³-hybridized carbons (Fsp3) is 0.600. The van der Waals surface area contributed by atoms with E-state index >= 15 is 0 Å². The van der Waals surface area contributed by atoms with Crippen molar-refractivity contribution in [2.75, 3.05) is 18.0 Å². The van der Waals surface area contributed by atoms with Gasteiger partial charge in [-0.25, -0.2) is 0 Å². The van der Waals surface area contributed by atoms with Gasteiger partial charge in [0.25, 0.3) is 5.69 Å². The maximum absolute atomic E-state index is 10.9. The monoisotopic (exact) mass is 279 g/mol. The van der Waals surface area contributed by atoms with Gasteiger partial charge in [0.15, 0.2) is 0 Å². The minimum Gasteiger partial charge on any atom is -0.371 e. The summed E-state index contributed by atoms with van der Waals surface area (Å²) in [6, 6.07) is 5.34. The van der Waals surface area contributed by atoms with Crippen molar-refractivity contribution < 1.29 is 4.92 Å². The predicted octanol–water partition coefficient (Wildman–Crippen LogP) is 4.09. The first-order valence-electron chi connectivity index (χ1n) is 7.24. The minimum atomic E-state index is -0.296. The third-order valence-corrected chi connectivity index (χ3v) is 3.77. The maximum atomic E-state index is 10.9. The van der Waals surface area contributed by atoms with Gasteiger partial charge in [0, 0.05) is 30.9 Å². The van der Waals surface area contributed by atoms with Gasteiger partial charge in [0.1, 0.15) is 0 Å². The van der Waals surface area contributed by atoms with E-state index in [4.69, 9.17) is 0 Å². The zero-order valence-electron chi connectivity index (χ0n) is 12.3. The summed E-state index contributed by atoms with van der Waals surface area (Å²) in [6.07, 6.45) is 6.89. The molecule has 0 aliphatic carbocycles. The van der Waals surface area contributed by atoms with Gasteiger partial charge >= 0.3 is 0 Å². The second-order valence-electron chi connectivity index (χ2n) is 5.22. The lowest BCUT2D eigenvalue weighted by Crippen LogP contribution is -2.30. The van der Waals surface area contributed by atoms with Crippen LogP contribution in [0.3, 0.4) is 0 Å². The van der Waals surface area contributed by atoms with Crippen molar-refractivity contribution in [3.63, 3.8) is 0 Å². The molecule has 1 heterocycles. The van der Waals surface area contributed by atoms with E-state index in [0.717, 1.165) is 37.9 Å². The molecule has 0 atom stereocenters. The van der Waals surface area contributed by atoms with Crippen LogP contribution in [0.1, 0.15) is 44.6 Å². The molecule has 5 heteroatoms. The normalized spacial score (nSPS) is 14.8. The van der Waals surface area contributed by atoms with Crippen molar-refractivity contribution in [3.8, 4) is 0 Å². The van der Waals surface area contributed by atoms with E-state index in [1.165, 1.54) is 24.9 Å². The Morgan fingerprint density at radius 3 is 2.55 bits per heavy atom. The molecule has 0 amide bonds. The fourth-order valence-electron chi connectivity index (χ4n) is 2.70. The van der Waals surface area contributed by atoms with Crippen LogP contribution in [-0.2, 0) is 6.42 Å². The molecule has 0 saturated carbocycles. The number of nitro benzene ring substituents is 1. The highest BCUT2D eigenvalue weighted by Crippen LogP contribution is 2.29. The largest absolute Gasteiger partial charge is 0.371 e. The molecule has 0 unspecified atom stereocenters. The van der Waals surface area contributed by atoms with E-state index in [1.54, 1.807) is 12.1 Å². The zero-order valence-corrected chi connectivity index (χ0v) is 12.3. The van der Waals surface area contributed by atoms with Crippen molar-refractivity contribution in [2.45, 2.75) is 45.4 Å². The average Bonchev–Trinajstić information content (AvgIpc) is 2.45. The summed E-state index contributed by atoms with van der Waals surface area (Å²) in [6.45, 7) is 4.31. The molecule has 0 aromatic heterocycles. The Morgan fingerprint density at radius 2 is 1.95 bits per heavy atom. The van der Waals surface area contributed by atoms with Crippen LogP contribution in [0, 0.1) is 10.1 Å². The SMILES string of the molecule is CCCCc1cc([N+](=O)[O-])ccc1N1CCCCC1.N. The van der Waals surface area contributed by atoms with Gasteiger partial charge in [-0.3, -0.25) is 10.1 Å². The number of benzene rings is 1. The number of anilines is 1. The molecule has 1 aliphatic heterocycles. The summed E-state index contributed by atoms with van der Waals surface area (Å²) in [5.41, 5.74) is 2.56. The lowest BCUT2D eigenvalue weighted by atomic mass is 10.0. The highest BCUT2D eigenvalue weighted by atomic mass is 16.6. The average molecular weight is 279 g/mol. The Labute approximate surface area is 120 Å². The van der Waals surface area contributed by atoms with Crippen molar-refractivity contribution in [3.05, 3.63) is 33.9 Å². The molecular formula is C15H25N3O2. The first-order chi connectivity index (χ1) is 9.22. The molecule has 1 fully saturated rings. The van der Waals surface area contributed by atoms with Crippen LogP contribution in [0.15, 0.2) is 18.2 Å². The molecule has 20 heavy (non-hydrogen) atoms. The number of hydrogen-bond donors (Lipinski definition) is 1. The van der Waals surface area contributed by atoms with Gasteiger partial charge in [0.05, 0.1) is 4.92 Å². The number of unbranched alkanes of at least 4 members (excludes halogenated alkanes) is 1. The van der Waals surface area contributed by atoms with E-state index in [2.05, 4.69) is 11.8 Å².